The predicted molar refractivity (Wildman–Crippen MR) is 142 cm³/mol. The number of hydrogen-bond donors (Lipinski definition) is 0. The van der Waals surface area contributed by atoms with Gasteiger partial charge in [0.15, 0.2) is 16.8 Å². The van der Waals surface area contributed by atoms with Crippen LogP contribution in [0.1, 0.15) is 5.56 Å². The molecule has 0 saturated carbocycles. The number of halogens is 1. The second-order valence-corrected chi connectivity index (χ2v) is 10.00. The Labute approximate surface area is 221 Å². The summed E-state index contributed by atoms with van der Waals surface area (Å²) in [6, 6.07) is 21.6. The fourth-order valence-electron chi connectivity index (χ4n) is 4.07. The van der Waals surface area contributed by atoms with Crippen LogP contribution in [0.25, 0.3) is 22.1 Å². The lowest BCUT2D eigenvalue weighted by atomic mass is 10.0. The van der Waals surface area contributed by atoms with Gasteiger partial charge in [0.2, 0.25) is 0 Å². The third-order valence-electron chi connectivity index (χ3n) is 5.79. The van der Waals surface area contributed by atoms with E-state index in [1.165, 1.54) is 23.9 Å². The molecule has 0 radical (unpaired) electrons. The molecule has 0 unspecified atom stereocenters. The minimum absolute atomic E-state index is 0.00661. The van der Waals surface area contributed by atoms with Crippen LogP contribution < -0.4 is 0 Å². The monoisotopic (exact) mass is 531 g/mol. The Morgan fingerprint density at radius 2 is 1.81 bits per heavy atom. The minimum atomic E-state index is -0.382. The summed E-state index contributed by atoms with van der Waals surface area (Å²) < 4.78 is 21.0. The molecule has 0 aliphatic carbocycles. The summed E-state index contributed by atoms with van der Waals surface area (Å²) in [4.78, 5) is 16.4. The molecule has 0 spiro atoms. The van der Waals surface area contributed by atoms with Crippen LogP contribution in [0.5, 0.6) is 0 Å². The molecule has 2 aromatic heterocycles. The van der Waals surface area contributed by atoms with E-state index in [2.05, 4.69) is 16.3 Å². The zero-order valence-electron chi connectivity index (χ0n) is 19.7. The van der Waals surface area contributed by atoms with E-state index in [1.54, 1.807) is 23.5 Å². The van der Waals surface area contributed by atoms with E-state index >= 15 is 0 Å². The minimum Gasteiger partial charge on any atom is -0.378 e. The molecule has 7 nitrogen and oxygen atoms in total. The molecular weight excluding hydrogens is 509 g/mol. The van der Waals surface area contributed by atoms with Crippen molar-refractivity contribution < 1.29 is 13.9 Å². The summed E-state index contributed by atoms with van der Waals surface area (Å²) in [5.41, 5.74) is 2.03. The van der Waals surface area contributed by atoms with Gasteiger partial charge in [0.25, 0.3) is 0 Å². The quantitative estimate of drug-likeness (QED) is 0.178. The molecule has 0 bridgehead atoms. The molecule has 1 aliphatic rings. The fraction of sp³-hybridized carbons (Fsp3) is 0.185. The lowest BCUT2D eigenvalue weighted by molar-refractivity contribution is -0.112. The number of carbonyl (C=O) groups excluding carboxylic acids is 1. The molecule has 186 valence electrons. The number of nitriles is 1. The lowest BCUT2D eigenvalue weighted by Crippen LogP contribution is -2.36. The summed E-state index contributed by atoms with van der Waals surface area (Å²) in [6.45, 7) is 2.03. The third-order valence-corrected chi connectivity index (χ3v) is 7.59. The fourth-order valence-corrected chi connectivity index (χ4v) is 5.59. The maximum Gasteiger partial charge on any atom is 0.196 e. The van der Waals surface area contributed by atoms with Gasteiger partial charge in [-0.2, -0.15) is 5.26 Å². The number of rotatable bonds is 8. The van der Waals surface area contributed by atoms with Crippen molar-refractivity contribution in [3.05, 3.63) is 89.1 Å². The van der Waals surface area contributed by atoms with Crippen molar-refractivity contribution in [3.63, 3.8) is 0 Å². The van der Waals surface area contributed by atoms with Crippen LogP contribution in [-0.4, -0.2) is 57.5 Å². The SMILES string of the molecule is N#C/C(C(=O)CSc1nnc(-c2cccs2)n1-c1ccccc1)=C(\c1ccc(F)cc1)N1CCOCC1. The average molecular weight is 532 g/mol. The normalized spacial score (nSPS) is 14.2. The number of Topliss-reactive ketones (excluding diaryl/α,β-unsaturated/α-hetero) is 1. The number of carbonyl (C=O) groups is 1. The van der Waals surface area contributed by atoms with Crippen molar-refractivity contribution in [3.8, 4) is 22.5 Å². The van der Waals surface area contributed by atoms with E-state index in [9.17, 15) is 14.4 Å². The van der Waals surface area contributed by atoms with Crippen molar-refractivity contribution in [2.45, 2.75) is 5.16 Å². The predicted octanol–water partition coefficient (Wildman–Crippen LogP) is 5.06. The highest BCUT2D eigenvalue weighted by Crippen LogP contribution is 2.31. The number of ketones is 1. The molecule has 3 heterocycles. The first kappa shape index (κ1) is 24.9. The van der Waals surface area contributed by atoms with Crippen molar-refractivity contribution in [2.75, 3.05) is 32.1 Å². The lowest BCUT2D eigenvalue weighted by Gasteiger charge is -2.32. The zero-order valence-corrected chi connectivity index (χ0v) is 21.3. The van der Waals surface area contributed by atoms with Gasteiger partial charge in [0.05, 0.1) is 29.5 Å². The van der Waals surface area contributed by atoms with Gasteiger partial charge in [-0.1, -0.05) is 36.0 Å². The maximum atomic E-state index is 13.6. The van der Waals surface area contributed by atoms with Crippen molar-refractivity contribution >= 4 is 34.6 Å². The van der Waals surface area contributed by atoms with Crippen LogP contribution in [0, 0.1) is 17.1 Å². The third kappa shape index (κ3) is 5.49. The van der Waals surface area contributed by atoms with Crippen LogP contribution in [0.15, 0.2) is 82.8 Å². The van der Waals surface area contributed by atoms with E-state index in [-0.39, 0.29) is 22.9 Å². The Kier molecular flexibility index (Phi) is 7.75. The number of benzene rings is 2. The molecule has 0 N–H and O–H groups in total. The molecule has 1 fully saturated rings. The van der Waals surface area contributed by atoms with Gasteiger partial charge in [-0.25, -0.2) is 4.39 Å². The molecule has 1 aliphatic heterocycles. The molecule has 0 atom stereocenters. The van der Waals surface area contributed by atoms with Crippen molar-refractivity contribution in [2.24, 2.45) is 0 Å². The Bertz CT molecular complexity index is 1440. The average Bonchev–Trinajstić information content (AvgIpc) is 3.62. The number of allylic oxidation sites excluding steroid dienone is 1. The van der Waals surface area contributed by atoms with Crippen LogP contribution >= 0.6 is 23.1 Å². The Balaban J connectivity index is 1.48. The number of aromatic nitrogens is 3. The smallest absolute Gasteiger partial charge is 0.196 e. The van der Waals surface area contributed by atoms with Crippen LogP contribution in [-0.2, 0) is 9.53 Å². The summed E-state index contributed by atoms with van der Waals surface area (Å²) in [6.07, 6.45) is 0. The highest BCUT2D eigenvalue weighted by atomic mass is 32.2. The molecule has 5 rings (SSSR count). The summed E-state index contributed by atoms with van der Waals surface area (Å²) in [5.74, 6) is -0.0359. The first-order valence-electron chi connectivity index (χ1n) is 11.6. The highest BCUT2D eigenvalue weighted by Gasteiger charge is 2.25. The second-order valence-electron chi connectivity index (χ2n) is 8.11. The largest absolute Gasteiger partial charge is 0.378 e. The van der Waals surface area contributed by atoms with Gasteiger partial charge in [-0.15, -0.1) is 21.5 Å². The Morgan fingerprint density at radius 3 is 2.49 bits per heavy atom. The number of ether oxygens (including phenoxy) is 1. The summed E-state index contributed by atoms with van der Waals surface area (Å²) in [5, 5.41) is 21.4. The van der Waals surface area contributed by atoms with E-state index < -0.39 is 0 Å². The summed E-state index contributed by atoms with van der Waals surface area (Å²) >= 11 is 2.79. The number of thiophene rings is 1. The standard InChI is InChI=1S/C27H22FN5O2S2/c28-20-10-8-19(9-11-20)25(32-12-14-35-15-13-32)22(17-29)23(34)18-37-27-31-30-26(24-7-4-16-36-24)33(27)21-5-2-1-3-6-21/h1-11,16H,12-15,18H2/b25-22-. The number of hydrogen-bond acceptors (Lipinski definition) is 8. The van der Waals surface area contributed by atoms with Gasteiger partial charge < -0.3 is 9.64 Å². The van der Waals surface area contributed by atoms with Gasteiger partial charge in [0.1, 0.15) is 17.5 Å². The summed E-state index contributed by atoms with van der Waals surface area (Å²) in [7, 11) is 0. The number of nitrogens with zero attached hydrogens (tertiary/aromatic N) is 5. The Morgan fingerprint density at radius 1 is 1.05 bits per heavy atom. The first-order valence-corrected chi connectivity index (χ1v) is 13.5. The molecule has 1 saturated heterocycles. The van der Waals surface area contributed by atoms with E-state index in [0.717, 1.165) is 10.6 Å². The van der Waals surface area contributed by atoms with Crippen molar-refractivity contribution in [1.82, 2.24) is 19.7 Å². The van der Waals surface area contributed by atoms with E-state index in [4.69, 9.17) is 4.74 Å². The van der Waals surface area contributed by atoms with E-state index in [1.807, 2.05) is 57.3 Å². The molecule has 10 heteroatoms. The number of para-hydroxylation sites is 1. The number of thioether (sulfide) groups is 1. The highest BCUT2D eigenvalue weighted by molar-refractivity contribution is 7.99. The molecular formula is C27H22FN5O2S2. The zero-order chi connectivity index (χ0) is 25.6. The van der Waals surface area contributed by atoms with Gasteiger partial charge in [-0.05, 0) is 53.4 Å². The molecule has 37 heavy (non-hydrogen) atoms. The molecule has 0 amide bonds. The first-order chi connectivity index (χ1) is 18.2. The van der Waals surface area contributed by atoms with Crippen LogP contribution in [0.2, 0.25) is 0 Å². The number of morpholine rings is 1. The Hall–Kier alpha value is -3.78. The molecule has 2 aromatic carbocycles. The maximum absolute atomic E-state index is 13.6. The molecule has 4 aromatic rings. The second kappa shape index (κ2) is 11.5. The van der Waals surface area contributed by atoms with E-state index in [0.29, 0.717) is 48.5 Å². The van der Waals surface area contributed by atoms with Crippen molar-refractivity contribution in [1.29, 1.82) is 5.26 Å². The van der Waals surface area contributed by atoms with Gasteiger partial charge in [-0.3, -0.25) is 9.36 Å². The van der Waals surface area contributed by atoms with Gasteiger partial charge >= 0.3 is 0 Å². The van der Waals surface area contributed by atoms with Gasteiger partial charge in [0, 0.05) is 18.8 Å². The van der Waals surface area contributed by atoms with Crippen LogP contribution in [0.3, 0.4) is 0 Å². The van der Waals surface area contributed by atoms with Crippen LogP contribution in [0.4, 0.5) is 4.39 Å². The topological polar surface area (TPSA) is 84.0 Å².